The summed E-state index contributed by atoms with van der Waals surface area (Å²) >= 11 is 0. The molecule has 214 valence electrons. The molecule has 7 rings (SSSR count). The van der Waals surface area contributed by atoms with E-state index in [-0.39, 0.29) is 41.9 Å². The highest BCUT2D eigenvalue weighted by Crippen LogP contribution is 2.79. The highest BCUT2D eigenvalue weighted by molar-refractivity contribution is 5.95. The van der Waals surface area contributed by atoms with Gasteiger partial charge in [-0.25, -0.2) is 4.79 Å². The summed E-state index contributed by atoms with van der Waals surface area (Å²) in [5.41, 5.74) is 2.84. The van der Waals surface area contributed by atoms with E-state index in [9.17, 15) is 15.0 Å². The lowest BCUT2D eigenvalue weighted by atomic mass is 9.44. The van der Waals surface area contributed by atoms with Crippen molar-refractivity contribution in [2.45, 2.75) is 80.2 Å². The molecule has 1 aliphatic heterocycles. The summed E-state index contributed by atoms with van der Waals surface area (Å²) in [6.45, 7) is 3.47. The molecule has 1 aromatic rings. The van der Waals surface area contributed by atoms with Crippen LogP contribution in [0.15, 0.2) is 24.3 Å². The predicted octanol–water partition coefficient (Wildman–Crippen LogP) is 1.85. The van der Waals surface area contributed by atoms with Gasteiger partial charge in [0.25, 0.3) is 0 Å². The number of nitrogens with two attached hydrogens (primary N) is 1. The minimum Gasteiger partial charge on any atom is -0.454 e. The number of carbonyl (C=O) groups excluding carboxylic acids is 1. The molecule has 3 unspecified atom stereocenters. The first kappa shape index (κ1) is 26.2. The highest BCUT2D eigenvalue weighted by atomic mass is 16.6. The molecular weight excluding hydrogens is 500 g/mol. The number of para-hydroxylation sites is 1. The van der Waals surface area contributed by atoms with Gasteiger partial charge in [-0.05, 0) is 44.4 Å². The number of hydrogen-bond donors (Lipinski definition) is 3. The molecule has 0 radical (unpaired) electrons. The van der Waals surface area contributed by atoms with Gasteiger partial charge in [0.1, 0.15) is 16.8 Å². The molecule has 1 aromatic carbocycles. The van der Waals surface area contributed by atoms with Gasteiger partial charge in [-0.2, -0.15) is 0 Å². The van der Waals surface area contributed by atoms with Gasteiger partial charge in [-0.15, -0.1) is 0 Å². The minimum atomic E-state index is -1.44. The van der Waals surface area contributed by atoms with E-state index in [0.717, 1.165) is 6.54 Å². The molecule has 5 saturated carbocycles. The normalized spacial score (nSPS) is 51.1. The van der Waals surface area contributed by atoms with E-state index in [4.69, 9.17) is 24.7 Å². The van der Waals surface area contributed by atoms with Crippen molar-refractivity contribution < 1.29 is 34.0 Å². The zero-order chi connectivity index (χ0) is 27.5. The van der Waals surface area contributed by atoms with Gasteiger partial charge >= 0.3 is 5.97 Å². The number of ether oxygens (including phenoxy) is 4. The number of methoxy groups -OCH3 is 3. The largest absolute Gasteiger partial charge is 0.454 e. The Morgan fingerprint density at radius 1 is 1.10 bits per heavy atom. The summed E-state index contributed by atoms with van der Waals surface area (Å²) < 4.78 is 24.9. The van der Waals surface area contributed by atoms with Crippen molar-refractivity contribution in [3.8, 4) is 0 Å². The molecule has 39 heavy (non-hydrogen) atoms. The van der Waals surface area contributed by atoms with Gasteiger partial charge in [0.2, 0.25) is 0 Å². The van der Waals surface area contributed by atoms with Gasteiger partial charge in [-0.3, -0.25) is 4.90 Å². The number of anilines is 1. The quantitative estimate of drug-likeness (QED) is 0.365. The van der Waals surface area contributed by atoms with Crippen LogP contribution in [0.1, 0.15) is 49.4 Å². The number of nitrogens with zero attached hydrogens (tertiary/aromatic N) is 1. The molecule has 1 spiro atoms. The Hall–Kier alpha value is -1.75. The zero-order valence-electron chi connectivity index (χ0n) is 23.3. The summed E-state index contributed by atoms with van der Waals surface area (Å²) in [7, 11) is 5.09. The number of hydrogen-bond acceptors (Lipinski definition) is 9. The first-order valence-electron chi connectivity index (χ1n) is 14.5. The van der Waals surface area contributed by atoms with E-state index in [0.29, 0.717) is 49.9 Å². The number of carbonyl (C=O) groups is 1. The fourth-order valence-corrected chi connectivity index (χ4v) is 11.3. The Labute approximate surface area is 229 Å². The number of likely N-dealkylation sites (N-methyl/N-ethyl adjacent to an activating group) is 1. The molecule has 0 aromatic heterocycles. The summed E-state index contributed by atoms with van der Waals surface area (Å²) in [6, 6.07) is 7.04. The van der Waals surface area contributed by atoms with E-state index in [1.165, 1.54) is 0 Å². The molecule has 6 aliphatic rings. The summed E-state index contributed by atoms with van der Waals surface area (Å²) in [5.74, 6) is -1.06. The Balaban J connectivity index is 1.42. The van der Waals surface area contributed by atoms with E-state index in [1.54, 1.807) is 39.5 Å². The molecule has 9 heteroatoms. The van der Waals surface area contributed by atoms with Crippen LogP contribution in [-0.2, 0) is 18.9 Å². The third kappa shape index (κ3) is 2.80. The van der Waals surface area contributed by atoms with E-state index in [2.05, 4.69) is 11.8 Å². The third-order valence-electron chi connectivity index (χ3n) is 12.4. The molecule has 12 atom stereocenters. The maximum Gasteiger partial charge on any atom is 0.340 e. The second-order valence-corrected chi connectivity index (χ2v) is 13.0. The van der Waals surface area contributed by atoms with Crippen molar-refractivity contribution >= 4 is 11.7 Å². The minimum absolute atomic E-state index is 0.00601. The van der Waals surface area contributed by atoms with Gasteiger partial charge in [0, 0.05) is 75.1 Å². The highest BCUT2D eigenvalue weighted by Gasteiger charge is 2.89. The van der Waals surface area contributed by atoms with Gasteiger partial charge in [0.15, 0.2) is 0 Å². The van der Waals surface area contributed by atoms with Crippen molar-refractivity contribution in [1.29, 1.82) is 0 Å². The van der Waals surface area contributed by atoms with Gasteiger partial charge in [0.05, 0.1) is 23.9 Å². The third-order valence-corrected chi connectivity index (χ3v) is 12.4. The van der Waals surface area contributed by atoms with Gasteiger partial charge in [-0.1, -0.05) is 19.1 Å². The topological polar surface area (TPSA) is 124 Å². The van der Waals surface area contributed by atoms with Crippen molar-refractivity contribution in [1.82, 2.24) is 4.90 Å². The van der Waals surface area contributed by atoms with Crippen LogP contribution >= 0.6 is 0 Å². The first-order chi connectivity index (χ1) is 18.7. The summed E-state index contributed by atoms with van der Waals surface area (Å²) in [5, 5.41) is 25.6. The SMILES string of the molecule is CCN1C[C@]2(OC(=O)c3ccccc3N)CC[C@H](OC)C34C1C(C[C@@H]32)[C@@]1(O)C[C@H](OC)[C@@H]2C[C@H]4[C@]1(O)[C@H]2OC. The fraction of sp³-hybridized carbons (Fsp3) is 0.767. The predicted molar refractivity (Wildman–Crippen MR) is 142 cm³/mol. The van der Waals surface area contributed by atoms with Crippen molar-refractivity contribution in [3.63, 3.8) is 0 Å². The second kappa shape index (κ2) is 8.39. The molecule has 9 nitrogen and oxygen atoms in total. The number of piperidine rings is 1. The van der Waals surface area contributed by atoms with Crippen LogP contribution in [0, 0.1) is 29.1 Å². The smallest absolute Gasteiger partial charge is 0.340 e. The number of aliphatic hydroxyl groups is 2. The maximum atomic E-state index is 13.7. The molecule has 1 heterocycles. The maximum absolute atomic E-state index is 13.7. The van der Waals surface area contributed by atoms with Gasteiger partial charge < -0.3 is 34.9 Å². The average Bonchev–Trinajstić information content (AvgIpc) is 3.35. The Morgan fingerprint density at radius 3 is 2.54 bits per heavy atom. The van der Waals surface area contributed by atoms with Crippen LogP contribution in [0.4, 0.5) is 5.69 Å². The lowest BCUT2D eigenvalue weighted by molar-refractivity contribution is -0.337. The number of esters is 1. The van der Waals surface area contributed by atoms with E-state index in [1.807, 2.05) is 6.07 Å². The number of rotatable bonds is 6. The second-order valence-electron chi connectivity index (χ2n) is 13.0. The first-order valence-corrected chi connectivity index (χ1v) is 14.5. The van der Waals surface area contributed by atoms with Crippen LogP contribution in [-0.4, -0.2) is 96.7 Å². The summed E-state index contributed by atoms with van der Waals surface area (Å²) in [6.07, 6.45) is 2.17. The lowest BCUT2D eigenvalue weighted by Crippen LogP contribution is -2.83. The molecule has 1 saturated heterocycles. The van der Waals surface area contributed by atoms with Crippen LogP contribution in [0.3, 0.4) is 0 Å². The molecule has 5 aliphatic carbocycles. The molecule has 7 bridgehead atoms. The van der Waals surface area contributed by atoms with Crippen LogP contribution < -0.4 is 5.73 Å². The molecule has 0 amide bonds. The Bertz CT molecular complexity index is 1180. The standard InChI is InChI=1S/C30H42N2O7/c1-5-32-15-27(39-26(33)16-8-6-7-9-19(16)31)11-10-23(37-3)29-21(27)13-18(24(29)32)28(34)14-20(36-2)17-12-22(29)30(28,35)25(17)38-4/h6-9,17-18,20-25,34-35H,5,10-15,31H2,1-4H3/t17-,18?,20-,21+,22+,23-,24?,25-,27+,28-,29?,30-/m0/s1. The van der Waals surface area contributed by atoms with Crippen LogP contribution in [0.5, 0.6) is 0 Å². The average molecular weight is 543 g/mol. The van der Waals surface area contributed by atoms with Crippen molar-refractivity contribution in [2.24, 2.45) is 29.1 Å². The number of nitrogen functional groups attached to an aromatic ring is 1. The number of fused-ring (bicyclic) bond motifs is 2. The summed E-state index contributed by atoms with van der Waals surface area (Å²) in [4.78, 5) is 16.1. The van der Waals surface area contributed by atoms with E-state index >= 15 is 0 Å². The molecule has 4 N–H and O–H groups in total. The molecule has 6 fully saturated rings. The lowest BCUT2D eigenvalue weighted by Gasteiger charge is -2.70. The fourth-order valence-electron chi connectivity index (χ4n) is 11.3. The van der Waals surface area contributed by atoms with E-state index < -0.39 is 34.3 Å². The van der Waals surface area contributed by atoms with Crippen LogP contribution in [0.2, 0.25) is 0 Å². The number of benzene rings is 1. The monoisotopic (exact) mass is 542 g/mol. The zero-order valence-corrected chi connectivity index (χ0v) is 23.3. The van der Waals surface area contributed by atoms with Crippen LogP contribution in [0.25, 0.3) is 0 Å². The van der Waals surface area contributed by atoms with Crippen molar-refractivity contribution in [2.75, 3.05) is 40.2 Å². The Kier molecular flexibility index (Phi) is 5.63. The van der Waals surface area contributed by atoms with Crippen molar-refractivity contribution in [3.05, 3.63) is 29.8 Å². The number of likely N-dealkylation sites (tertiary alicyclic amines) is 1. The Morgan fingerprint density at radius 2 is 1.87 bits per heavy atom. The molecular formula is C30H42N2O7.